The number of urea groups is 1. The molecule has 70 valence electrons. The maximum absolute atomic E-state index is 11.1. The molecule has 2 N–H and O–H groups in total. The quantitative estimate of drug-likeness (QED) is 0.504. The average Bonchev–Trinajstić information content (AvgIpc) is 2.11. The molecule has 0 radical (unpaired) electrons. The third-order valence-electron chi connectivity index (χ3n) is 1.36. The minimum atomic E-state index is -0.589. The van der Waals surface area contributed by atoms with Crippen LogP contribution in [-0.4, -0.2) is 27.8 Å². The monoisotopic (exact) mass is 183 g/mol. The van der Waals surface area contributed by atoms with E-state index in [2.05, 4.69) is 20.4 Å². The van der Waals surface area contributed by atoms with Crippen LogP contribution < -0.4 is 16.4 Å². The molecule has 0 aliphatic heterocycles. The Morgan fingerprint density at radius 3 is 3.00 bits per heavy atom. The molecule has 0 spiro atoms. The van der Waals surface area contributed by atoms with E-state index in [0.717, 1.165) is 0 Å². The summed E-state index contributed by atoms with van der Waals surface area (Å²) in [5, 5.41) is 5.98. The molecule has 2 amide bonds. The third kappa shape index (κ3) is 2.01. The standard InChI is InChI=1S/C6H9N5O2/c1-7-6(13)10-4-5(12)8-3-9-11(4)2/h3H,1-2H3,(H,7,13)(H,8,9,12)/b10-4+. The molecule has 0 bridgehead atoms. The van der Waals surface area contributed by atoms with Gasteiger partial charge in [-0.1, -0.05) is 0 Å². The van der Waals surface area contributed by atoms with Crippen LogP contribution in [0.15, 0.2) is 16.1 Å². The fourth-order valence-electron chi connectivity index (χ4n) is 0.716. The van der Waals surface area contributed by atoms with E-state index >= 15 is 0 Å². The van der Waals surface area contributed by atoms with Crippen molar-refractivity contribution in [1.82, 2.24) is 20.1 Å². The number of aryl methyl sites for hydroxylation is 1. The molecule has 0 fully saturated rings. The second kappa shape index (κ2) is 3.65. The van der Waals surface area contributed by atoms with E-state index in [0.29, 0.717) is 0 Å². The van der Waals surface area contributed by atoms with E-state index in [1.165, 1.54) is 25.1 Å². The zero-order valence-corrected chi connectivity index (χ0v) is 7.24. The van der Waals surface area contributed by atoms with Gasteiger partial charge in [0.1, 0.15) is 6.33 Å². The fourth-order valence-corrected chi connectivity index (χ4v) is 0.716. The van der Waals surface area contributed by atoms with E-state index in [4.69, 9.17) is 0 Å². The predicted molar refractivity (Wildman–Crippen MR) is 43.8 cm³/mol. The molecule has 0 atom stereocenters. The summed E-state index contributed by atoms with van der Waals surface area (Å²) >= 11 is 0. The molecule has 7 nitrogen and oxygen atoms in total. The van der Waals surface area contributed by atoms with Crippen molar-refractivity contribution in [3.8, 4) is 0 Å². The molecule has 13 heavy (non-hydrogen) atoms. The highest BCUT2D eigenvalue weighted by Crippen LogP contribution is 1.66. The lowest BCUT2D eigenvalue weighted by Gasteiger charge is -1.95. The lowest BCUT2D eigenvalue weighted by molar-refractivity contribution is 0.250. The van der Waals surface area contributed by atoms with Crippen LogP contribution in [0.25, 0.3) is 0 Å². The molecule has 1 rings (SSSR count). The van der Waals surface area contributed by atoms with Crippen molar-refractivity contribution in [2.24, 2.45) is 12.0 Å². The predicted octanol–water partition coefficient (Wildman–Crippen LogP) is -1.65. The number of nitrogens with zero attached hydrogens (tertiary/aromatic N) is 3. The first-order valence-electron chi connectivity index (χ1n) is 3.52. The van der Waals surface area contributed by atoms with Crippen LogP contribution >= 0.6 is 0 Å². The lowest BCUT2D eigenvalue weighted by Crippen LogP contribution is -2.39. The molecule has 0 aliphatic carbocycles. The number of aromatic amines is 1. The Kier molecular flexibility index (Phi) is 2.58. The topological polar surface area (TPSA) is 92.1 Å². The number of rotatable bonds is 0. The first-order chi connectivity index (χ1) is 6.15. The van der Waals surface area contributed by atoms with Gasteiger partial charge in [0, 0.05) is 14.1 Å². The van der Waals surface area contributed by atoms with E-state index in [-0.39, 0.29) is 5.49 Å². The van der Waals surface area contributed by atoms with Gasteiger partial charge in [0.25, 0.3) is 5.56 Å². The average molecular weight is 183 g/mol. The summed E-state index contributed by atoms with van der Waals surface area (Å²) in [6.07, 6.45) is 1.23. The highest BCUT2D eigenvalue weighted by Gasteiger charge is 1.97. The SMILES string of the molecule is CNC(=O)/N=c1\c(=O)[nH]cnn1C. The molecular formula is C6H9N5O2. The van der Waals surface area contributed by atoms with Gasteiger partial charge >= 0.3 is 6.03 Å². The fraction of sp³-hybridized carbons (Fsp3) is 0.333. The Balaban J connectivity index is 3.36. The first kappa shape index (κ1) is 9.17. The number of carbonyl (C=O) groups is 1. The number of H-pyrrole nitrogens is 1. The van der Waals surface area contributed by atoms with Gasteiger partial charge in [0.2, 0.25) is 5.49 Å². The Morgan fingerprint density at radius 1 is 1.77 bits per heavy atom. The second-order valence-electron chi connectivity index (χ2n) is 2.23. The second-order valence-corrected chi connectivity index (χ2v) is 2.23. The van der Waals surface area contributed by atoms with Crippen LogP contribution in [0.4, 0.5) is 4.79 Å². The van der Waals surface area contributed by atoms with Gasteiger partial charge in [0.05, 0.1) is 0 Å². The molecule has 1 aromatic heterocycles. The molecule has 0 saturated heterocycles. The lowest BCUT2D eigenvalue weighted by atomic mass is 10.7. The Hall–Kier alpha value is -1.92. The number of aromatic nitrogens is 3. The highest BCUT2D eigenvalue weighted by atomic mass is 16.2. The van der Waals surface area contributed by atoms with Crippen LogP contribution in [0.2, 0.25) is 0 Å². The minimum absolute atomic E-state index is 0.0400. The van der Waals surface area contributed by atoms with Crippen molar-refractivity contribution < 1.29 is 4.79 Å². The number of hydrogen-bond donors (Lipinski definition) is 2. The summed E-state index contributed by atoms with van der Waals surface area (Å²) in [4.78, 5) is 27.7. The zero-order chi connectivity index (χ0) is 9.84. The molecule has 0 aliphatic rings. The van der Waals surface area contributed by atoms with Crippen LogP contribution in [-0.2, 0) is 7.05 Å². The van der Waals surface area contributed by atoms with E-state index in [1.807, 2.05) is 0 Å². The largest absolute Gasteiger partial charge is 0.342 e. The summed E-state index contributed by atoms with van der Waals surface area (Å²) in [7, 11) is 2.95. The van der Waals surface area contributed by atoms with E-state index in [1.54, 1.807) is 0 Å². The number of hydrogen-bond acceptors (Lipinski definition) is 3. The van der Waals surface area contributed by atoms with Crippen LogP contribution in [0.5, 0.6) is 0 Å². The minimum Gasteiger partial charge on any atom is -0.339 e. The van der Waals surface area contributed by atoms with Crippen LogP contribution in [0, 0.1) is 0 Å². The third-order valence-corrected chi connectivity index (χ3v) is 1.36. The van der Waals surface area contributed by atoms with Gasteiger partial charge in [-0.25, -0.2) is 9.48 Å². The summed E-state index contributed by atoms with van der Waals surface area (Å²) in [5.74, 6) is 0. The van der Waals surface area contributed by atoms with Gasteiger partial charge in [0.15, 0.2) is 0 Å². The van der Waals surface area contributed by atoms with Crippen LogP contribution in [0.1, 0.15) is 0 Å². The summed E-state index contributed by atoms with van der Waals surface area (Å²) in [5.41, 5.74) is -0.497. The van der Waals surface area contributed by atoms with Crippen molar-refractivity contribution in [3.05, 3.63) is 22.2 Å². The molecular weight excluding hydrogens is 174 g/mol. The normalized spacial score (nSPS) is 11.4. The van der Waals surface area contributed by atoms with Gasteiger partial charge in [-0.2, -0.15) is 10.1 Å². The van der Waals surface area contributed by atoms with Gasteiger partial charge in [-0.3, -0.25) is 4.79 Å². The molecule has 1 heterocycles. The Morgan fingerprint density at radius 2 is 2.46 bits per heavy atom. The Bertz CT molecular complexity index is 429. The highest BCUT2D eigenvalue weighted by molar-refractivity contribution is 5.74. The van der Waals surface area contributed by atoms with Gasteiger partial charge in [-0.15, -0.1) is 0 Å². The smallest absolute Gasteiger partial charge is 0.339 e. The van der Waals surface area contributed by atoms with Crippen molar-refractivity contribution in [3.63, 3.8) is 0 Å². The van der Waals surface area contributed by atoms with E-state index < -0.39 is 11.6 Å². The molecule has 1 aromatic rings. The Labute approximate surface area is 73.1 Å². The van der Waals surface area contributed by atoms with Crippen molar-refractivity contribution in [2.45, 2.75) is 0 Å². The maximum atomic E-state index is 11.1. The summed E-state index contributed by atoms with van der Waals surface area (Å²) in [6, 6.07) is -0.589. The maximum Gasteiger partial charge on any atom is 0.342 e. The van der Waals surface area contributed by atoms with Crippen molar-refractivity contribution in [1.29, 1.82) is 0 Å². The van der Waals surface area contributed by atoms with E-state index in [9.17, 15) is 9.59 Å². The summed E-state index contributed by atoms with van der Waals surface area (Å²) in [6.45, 7) is 0. The van der Waals surface area contributed by atoms with Gasteiger partial charge in [-0.05, 0) is 0 Å². The number of carbonyl (C=O) groups excluding carboxylic acids is 1. The molecule has 7 heteroatoms. The molecule has 0 saturated carbocycles. The number of nitrogens with one attached hydrogen (secondary N) is 2. The molecule has 0 aromatic carbocycles. The number of amides is 2. The molecule has 0 unspecified atom stereocenters. The first-order valence-corrected chi connectivity index (χ1v) is 3.52. The summed E-state index contributed by atoms with van der Waals surface area (Å²) < 4.78 is 1.22. The van der Waals surface area contributed by atoms with Crippen molar-refractivity contribution in [2.75, 3.05) is 7.05 Å². The van der Waals surface area contributed by atoms with Crippen LogP contribution in [0.3, 0.4) is 0 Å². The van der Waals surface area contributed by atoms with Crippen molar-refractivity contribution >= 4 is 6.03 Å². The van der Waals surface area contributed by atoms with Gasteiger partial charge < -0.3 is 10.3 Å². The zero-order valence-electron chi connectivity index (χ0n) is 7.24.